The predicted molar refractivity (Wildman–Crippen MR) is 89.9 cm³/mol. The van der Waals surface area contributed by atoms with Crippen molar-refractivity contribution in [2.24, 2.45) is 0 Å². The number of fused-ring (bicyclic) bond motifs is 1. The van der Waals surface area contributed by atoms with Crippen LogP contribution in [0, 0.1) is 6.92 Å². The number of rotatable bonds is 3. The number of aliphatic hydroxyl groups excluding tert-OH is 1. The van der Waals surface area contributed by atoms with Crippen LogP contribution in [-0.2, 0) is 0 Å². The minimum atomic E-state index is 0.240. The Morgan fingerprint density at radius 2 is 1.95 bits per heavy atom. The molecular formula is C16H20BrN3O. The van der Waals surface area contributed by atoms with Crippen LogP contribution in [0.5, 0.6) is 0 Å². The van der Waals surface area contributed by atoms with Crippen LogP contribution < -0.4 is 4.90 Å². The highest BCUT2D eigenvalue weighted by Gasteiger charge is 2.19. The van der Waals surface area contributed by atoms with Crippen LogP contribution in [0.2, 0.25) is 0 Å². The van der Waals surface area contributed by atoms with Crippen LogP contribution in [-0.4, -0.2) is 54.3 Å². The molecule has 1 aromatic heterocycles. The molecule has 1 aliphatic heterocycles. The molecule has 112 valence electrons. The average molecular weight is 350 g/mol. The Morgan fingerprint density at radius 3 is 2.67 bits per heavy atom. The summed E-state index contributed by atoms with van der Waals surface area (Å²) in [5, 5.41) is 10.2. The van der Waals surface area contributed by atoms with Gasteiger partial charge in [0.15, 0.2) is 0 Å². The first-order valence-electron chi connectivity index (χ1n) is 7.32. The lowest BCUT2D eigenvalue weighted by molar-refractivity contribution is 0.189. The fraction of sp³-hybridized carbons (Fsp3) is 0.438. The third-order valence-corrected chi connectivity index (χ3v) is 4.50. The molecule has 0 amide bonds. The molecule has 0 spiro atoms. The molecule has 5 heteroatoms. The summed E-state index contributed by atoms with van der Waals surface area (Å²) in [6, 6.07) is 8.43. The van der Waals surface area contributed by atoms with Crippen LogP contribution in [0.4, 0.5) is 5.69 Å². The number of benzene rings is 1. The van der Waals surface area contributed by atoms with Gasteiger partial charge in [-0.15, -0.1) is 0 Å². The van der Waals surface area contributed by atoms with E-state index in [1.54, 1.807) is 0 Å². The highest BCUT2D eigenvalue weighted by molar-refractivity contribution is 9.10. The zero-order chi connectivity index (χ0) is 14.8. The second kappa shape index (κ2) is 6.30. The molecule has 1 saturated heterocycles. The van der Waals surface area contributed by atoms with Crippen molar-refractivity contribution in [3.05, 3.63) is 34.4 Å². The fourth-order valence-electron chi connectivity index (χ4n) is 2.92. The molecule has 0 radical (unpaired) electrons. The van der Waals surface area contributed by atoms with E-state index < -0.39 is 0 Å². The summed E-state index contributed by atoms with van der Waals surface area (Å²) in [6.45, 7) is 7.04. The topological polar surface area (TPSA) is 39.6 Å². The SMILES string of the molecule is Cc1cc(N2CCN(CCO)CC2)c2cc(Br)ccc2n1. The molecular weight excluding hydrogens is 330 g/mol. The number of aryl methyl sites for hydroxylation is 1. The molecule has 0 atom stereocenters. The van der Waals surface area contributed by atoms with Gasteiger partial charge < -0.3 is 10.0 Å². The third-order valence-electron chi connectivity index (χ3n) is 4.01. The Morgan fingerprint density at radius 1 is 1.19 bits per heavy atom. The number of aromatic nitrogens is 1. The first-order valence-corrected chi connectivity index (χ1v) is 8.12. The second-order valence-corrected chi connectivity index (χ2v) is 6.41. The minimum Gasteiger partial charge on any atom is -0.395 e. The summed E-state index contributed by atoms with van der Waals surface area (Å²) >= 11 is 3.56. The number of halogens is 1. The highest BCUT2D eigenvalue weighted by Crippen LogP contribution is 2.29. The molecule has 21 heavy (non-hydrogen) atoms. The Kier molecular flexibility index (Phi) is 4.42. The van der Waals surface area contributed by atoms with Crippen molar-refractivity contribution in [1.82, 2.24) is 9.88 Å². The summed E-state index contributed by atoms with van der Waals surface area (Å²) in [5.41, 5.74) is 3.37. The maximum atomic E-state index is 9.04. The molecule has 0 aliphatic carbocycles. The molecule has 3 rings (SSSR count). The van der Waals surface area contributed by atoms with Gasteiger partial charge in [0.2, 0.25) is 0 Å². The van der Waals surface area contributed by atoms with Gasteiger partial charge in [0.1, 0.15) is 0 Å². The summed E-state index contributed by atoms with van der Waals surface area (Å²) in [5.74, 6) is 0. The number of anilines is 1. The minimum absolute atomic E-state index is 0.240. The highest BCUT2D eigenvalue weighted by atomic mass is 79.9. The molecule has 2 heterocycles. The monoisotopic (exact) mass is 349 g/mol. The number of hydrogen-bond acceptors (Lipinski definition) is 4. The number of nitrogens with zero attached hydrogens (tertiary/aromatic N) is 3. The number of pyridine rings is 1. The Hall–Kier alpha value is -1.17. The lowest BCUT2D eigenvalue weighted by atomic mass is 10.1. The van der Waals surface area contributed by atoms with Crippen LogP contribution in [0.3, 0.4) is 0 Å². The van der Waals surface area contributed by atoms with Crippen LogP contribution in [0.25, 0.3) is 10.9 Å². The van der Waals surface area contributed by atoms with Gasteiger partial charge in [0, 0.05) is 54.0 Å². The Bertz CT molecular complexity index is 639. The third kappa shape index (κ3) is 3.20. The Balaban J connectivity index is 1.91. The Labute approximate surface area is 133 Å². The van der Waals surface area contributed by atoms with Gasteiger partial charge in [-0.05, 0) is 31.2 Å². The molecule has 4 nitrogen and oxygen atoms in total. The molecule has 1 N–H and O–H groups in total. The quantitative estimate of drug-likeness (QED) is 0.923. The lowest BCUT2D eigenvalue weighted by Gasteiger charge is -2.36. The molecule has 0 bridgehead atoms. The van der Waals surface area contributed by atoms with Gasteiger partial charge in [-0.25, -0.2) is 0 Å². The predicted octanol–water partition coefficient (Wildman–Crippen LogP) is 2.42. The summed E-state index contributed by atoms with van der Waals surface area (Å²) in [4.78, 5) is 9.36. The summed E-state index contributed by atoms with van der Waals surface area (Å²) in [6.07, 6.45) is 0. The standard InChI is InChI=1S/C16H20BrN3O/c1-12-10-16(14-11-13(17)2-3-15(14)18-12)20-6-4-19(5-7-20)8-9-21/h2-3,10-11,21H,4-9H2,1H3. The van der Waals surface area contributed by atoms with Crippen molar-refractivity contribution in [2.45, 2.75) is 6.92 Å². The van der Waals surface area contributed by atoms with Crippen molar-refractivity contribution >= 4 is 32.5 Å². The van der Waals surface area contributed by atoms with E-state index in [1.807, 2.05) is 13.0 Å². The second-order valence-electron chi connectivity index (χ2n) is 5.50. The zero-order valence-corrected chi connectivity index (χ0v) is 13.8. The fourth-order valence-corrected chi connectivity index (χ4v) is 3.29. The zero-order valence-electron chi connectivity index (χ0n) is 12.2. The molecule has 0 unspecified atom stereocenters. The molecule has 1 aromatic carbocycles. The van der Waals surface area contributed by atoms with Crippen LogP contribution >= 0.6 is 15.9 Å². The maximum absolute atomic E-state index is 9.04. The van der Waals surface area contributed by atoms with E-state index in [2.05, 4.69) is 48.9 Å². The smallest absolute Gasteiger partial charge is 0.0726 e. The largest absolute Gasteiger partial charge is 0.395 e. The van der Waals surface area contributed by atoms with E-state index >= 15 is 0 Å². The lowest BCUT2D eigenvalue weighted by Crippen LogP contribution is -2.47. The summed E-state index contributed by atoms with van der Waals surface area (Å²) < 4.78 is 1.08. The first kappa shape index (κ1) is 14.8. The molecule has 2 aromatic rings. The van der Waals surface area contributed by atoms with Crippen LogP contribution in [0.15, 0.2) is 28.7 Å². The van der Waals surface area contributed by atoms with E-state index in [4.69, 9.17) is 5.11 Å². The number of piperazine rings is 1. The number of β-amino-alcohol motifs (C(OH)–C–C–N with tert-alkyl or cyclic N) is 1. The van der Waals surface area contributed by atoms with E-state index in [9.17, 15) is 0 Å². The van der Waals surface area contributed by atoms with Gasteiger partial charge >= 0.3 is 0 Å². The van der Waals surface area contributed by atoms with Crippen molar-refractivity contribution < 1.29 is 5.11 Å². The van der Waals surface area contributed by atoms with Crippen LogP contribution in [0.1, 0.15) is 5.69 Å². The summed E-state index contributed by atoms with van der Waals surface area (Å²) in [7, 11) is 0. The van der Waals surface area contributed by atoms with Crippen molar-refractivity contribution in [2.75, 3.05) is 44.2 Å². The van der Waals surface area contributed by atoms with Gasteiger partial charge in [-0.2, -0.15) is 0 Å². The van der Waals surface area contributed by atoms with Crippen molar-refractivity contribution in [1.29, 1.82) is 0 Å². The van der Waals surface area contributed by atoms with E-state index in [1.165, 1.54) is 11.1 Å². The maximum Gasteiger partial charge on any atom is 0.0726 e. The first-order chi connectivity index (χ1) is 10.2. The van der Waals surface area contributed by atoms with E-state index in [0.717, 1.165) is 48.4 Å². The average Bonchev–Trinajstić information content (AvgIpc) is 2.48. The van der Waals surface area contributed by atoms with Gasteiger partial charge in [0.25, 0.3) is 0 Å². The van der Waals surface area contributed by atoms with Crippen molar-refractivity contribution in [3.63, 3.8) is 0 Å². The molecule has 0 saturated carbocycles. The van der Waals surface area contributed by atoms with Gasteiger partial charge in [-0.3, -0.25) is 9.88 Å². The number of hydrogen-bond donors (Lipinski definition) is 1. The van der Waals surface area contributed by atoms with Gasteiger partial charge in [-0.1, -0.05) is 15.9 Å². The van der Waals surface area contributed by atoms with E-state index in [0.29, 0.717) is 0 Å². The van der Waals surface area contributed by atoms with Crippen molar-refractivity contribution in [3.8, 4) is 0 Å². The molecule has 1 fully saturated rings. The number of aliphatic hydroxyl groups is 1. The van der Waals surface area contributed by atoms with E-state index in [-0.39, 0.29) is 6.61 Å². The normalized spacial score (nSPS) is 16.6. The van der Waals surface area contributed by atoms with Gasteiger partial charge in [0.05, 0.1) is 12.1 Å². The molecule has 1 aliphatic rings.